The molecule has 1 aromatic carbocycles. The Morgan fingerprint density at radius 3 is 3.00 bits per heavy atom. The number of fused-ring (bicyclic) bond motifs is 3. The fourth-order valence-corrected chi connectivity index (χ4v) is 2.28. The number of para-hydroxylation sites is 1. The van der Waals surface area contributed by atoms with Crippen molar-refractivity contribution in [3.63, 3.8) is 0 Å². The van der Waals surface area contributed by atoms with Crippen molar-refractivity contribution in [3.05, 3.63) is 53.2 Å². The predicted octanol–water partition coefficient (Wildman–Crippen LogP) is 2.39. The van der Waals surface area contributed by atoms with Crippen LogP contribution < -0.4 is 5.73 Å². The minimum Gasteiger partial charge on any atom is -0.366 e. The van der Waals surface area contributed by atoms with Crippen molar-refractivity contribution in [2.45, 2.75) is 6.42 Å². The van der Waals surface area contributed by atoms with Crippen molar-refractivity contribution >= 4 is 22.9 Å². The SMILES string of the molecule is NC(=O)c1cccc2c3c([nH]c12)C=CC=CC3. The largest absolute Gasteiger partial charge is 0.366 e. The maximum Gasteiger partial charge on any atom is 0.250 e. The summed E-state index contributed by atoms with van der Waals surface area (Å²) in [5, 5.41) is 1.08. The molecule has 1 aliphatic rings. The molecule has 0 unspecified atom stereocenters. The van der Waals surface area contributed by atoms with Crippen molar-refractivity contribution in [2.24, 2.45) is 5.73 Å². The summed E-state index contributed by atoms with van der Waals surface area (Å²) in [5.41, 5.74) is 9.03. The molecule has 1 aliphatic carbocycles. The molecule has 0 atom stereocenters. The Hall–Kier alpha value is -2.29. The zero-order chi connectivity index (χ0) is 11.8. The van der Waals surface area contributed by atoms with Gasteiger partial charge in [0.05, 0.1) is 11.1 Å². The maximum atomic E-state index is 11.4. The van der Waals surface area contributed by atoms with E-state index in [9.17, 15) is 4.79 Å². The molecule has 3 heteroatoms. The lowest BCUT2D eigenvalue weighted by Gasteiger charge is -1.98. The average Bonchev–Trinajstić information content (AvgIpc) is 2.52. The Morgan fingerprint density at radius 1 is 1.29 bits per heavy atom. The number of amides is 1. The van der Waals surface area contributed by atoms with Crippen molar-refractivity contribution < 1.29 is 4.79 Å². The van der Waals surface area contributed by atoms with Gasteiger partial charge in [-0.25, -0.2) is 0 Å². The number of nitrogens with one attached hydrogen (secondary N) is 1. The van der Waals surface area contributed by atoms with E-state index in [1.807, 2.05) is 30.4 Å². The highest BCUT2D eigenvalue weighted by molar-refractivity contribution is 6.06. The lowest BCUT2D eigenvalue weighted by Crippen LogP contribution is -2.11. The molecule has 0 fully saturated rings. The first-order valence-electron chi connectivity index (χ1n) is 5.54. The molecular weight excluding hydrogens is 212 g/mol. The van der Waals surface area contributed by atoms with Crippen LogP contribution in [0.2, 0.25) is 0 Å². The summed E-state index contributed by atoms with van der Waals surface area (Å²) in [4.78, 5) is 14.6. The first-order chi connectivity index (χ1) is 8.27. The van der Waals surface area contributed by atoms with Crippen molar-refractivity contribution in [3.8, 4) is 0 Å². The van der Waals surface area contributed by atoms with E-state index >= 15 is 0 Å². The Balaban J connectivity index is 2.35. The molecule has 0 aliphatic heterocycles. The van der Waals surface area contributed by atoms with E-state index in [2.05, 4.69) is 11.1 Å². The second kappa shape index (κ2) is 3.63. The number of primary amides is 1. The summed E-state index contributed by atoms with van der Waals surface area (Å²) in [5.74, 6) is -0.397. The highest BCUT2D eigenvalue weighted by Crippen LogP contribution is 2.27. The van der Waals surface area contributed by atoms with Crippen LogP contribution in [0.25, 0.3) is 17.0 Å². The third-order valence-electron chi connectivity index (χ3n) is 3.07. The summed E-state index contributed by atoms with van der Waals surface area (Å²) in [6, 6.07) is 5.64. The van der Waals surface area contributed by atoms with Crippen LogP contribution in [0.5, 0.6) is 0 Å². The lowest BCUT2D eigenvalue weighted by atomic mass is 10.1. The van der Waals surface area contributed by atoms with Gasteiger partial charge in [0.1, 0.15) is 0 Å². The van der Waals surface area contributed by atoms with Gasteiger partial charge in [-0.1, -0.05) is 30.4 Å². The van der Waals surface area contributed by atoms with Gasteiger partial charge in [-0.3, -0.25) is 4.79 Å². The van der Waals surface area contributed by atoms with Gasteiger partial charge in [0.15, 0.2) is 0 Å². The number of hydrogen-bond acceptors (Lipinski definition) is 1. The van der Waals surface area contributed by atoms with Gasteiger partial charge in [0.25, 0.3) is 5.91 Å². The van der Waals surface area contributed by atoms with E-state index in [0.29, 0.717) is 5.56 Å². The normalized spacial score (nSPS) is 13.6. The first-order valence-corrected chi connectivity index (χ1v) is 5.54. The fraction of sp³-hybridized carbons (Fsp3) is 0.0714. The Morgan fingerprint density at radius 2 is 2.18 bits per heavy atom. The molecule has 1 heterocycles. The highest BCUT2D eigenvalue weighted by Gasteiger charge is 2.14. The first kappa shape index (κ1) is 9.90. The molecule has 0 radical (unpaired) electrons. The molecule has 1 amide bonds. The van der Waals surface area contributed by atoms with E-state index < -0.39 is 5.91 Å². The van der Waals surface area contributed by atoms with Gasteiger partial charge in [-0.05, 0) is 24.1 Å². The molecular formula is C14H12N2O. The van der Waals surface area contributed by atoms with Crippen LogP contribution in [0.4, 0.5) is 0 Å². The quantitative estimate of drug-likeness (QED) is 0.767. The molecule has 2 aromatic rings. The van der Waals surface area contributed by atoms with Crippen LogP contribution in [0, 0.1) is 0 Å². The maximum absolute atomic E-state index is 11.4. The van der Waals surface area contributed by atoms with E-state index in [1.54, 1.807) is 6.07 Å². The van der Waals surface area contributed by atoms with Gasteiger partial charge in [-0.15, -0.1) is 0 Å². The molecule has 84 valence electrons. The lowest BCUT2D eigenvalue weighted by molar-refractivity contribution is 0.100. The zero-order valence-corrected chi connectivity index (χ0v) is 9.23. The van der Waals surface area contributed by atoms with E-state index in [1.165, 1.54) is 5.56 Å². The van der Waals surface area contributed by atoms with Gasteiger partial charge >= 0.3 is 0 Å². The standard InChI is InChI=1S/C14H12N2O/c15-14(17)11-7-4-6-10-9-5-2-1-3-8-12(9)16-13(10)11/h1-4,6-8,16H,5H2,(H2,15,17). The van der Waals surface area contributed by atoms with Gasteiger partial charge in [0, 0.05) is 11.1 Å². The minimum absolute atomic E-state index is 0.397. The highest BCUT2D eigenvalue weighted by atomic mass is 16.1. The molecule has 17 heavy (non-hydrogen) atoms. The molecule has 0 saturated heterocycles. The summed E-state index contributed by atoms with van der Waals surface area (Å²) < 4.78 is 0. The number of carbonyl (C=O) groups is 1. The number of aromatic nitrogens is 1. The Bertz CT molecular complexity index is 662. The third kappa shape index (κ3) is 1.47. The van der Waals surface area contributed by atoms with Gasteiger partial charge < -0.3 is 10.7 Å². The number of rotatable bonds is 1. The van der Waals surface area contributed by atoms with Crippen LogP contribution in [0.15, 0.2) is 36.4 Å². The van der Waals surface area contributed by atoms with Crippen molar-refractivity contribution in [2.75, 3.05) is 0 Å². The minimum atomic E-state index is -0.397. The number of hydrogen-bond donors (Lipinski definition) is 2. The number of carbonyl (C=O) groups excluding carboxylic acids is 1. The predicted molar refractivity (Wildman–Crippen MR) is 68.7 cm³/mol. The van der Waals surface area contributed by atoms with Crippen molar-refractivity contribution in [1.82, 2.24) is 4.98 Å². The van der Waals surface area contributed by atoms with Crippen LogP contribution in [-0.2, 0) is 6.42 Å². The summed E-state index contributed by atoms with van der Waals surface area (Å²) in [7, 11) is 0. The number of allylic oxidation sites excluding steroid dienone is 3. The molecule has 3 N–H and O–H groups in total. The Kier molecular flexibility index (Phi) is 2.11. The molecule has 0 saturated carbocycles. The second-order valence-corrected chi connectivity index (χ2v) is 4.10. The summed E-state index contributed by atoms with van der Waals surface area (Å²) >= 11 is 0. The van der Waals surface area contributed by atoms with Crippen LogP contribution in [-0.4, -0.2) is 10.9 Å². The molecule has 3 nitrogen and oxygen atoms in total. The van der Waals surface area contributed by atoms with Crippen LogP contribution in [0.1, 0.15) is 21.6 Å². The van der Waals surface area contributed by atoms with Crippen LogP contribution in [0.3, 0.4) is 0 Å². The average molecular weight is 224 g/mol. The number of nitrogens with two attached hydrogens (primary N) is 1. The molecule has 0 spiro atoms. The molecule has 1 aromatic heterocycles. The topological polar surface area (TPSA) is 58.9 Å². The molecule has 3 rings (SSSR count). The molecule has 0 bridgehead atoms. The number of H-pyrrole nitrogens is 1. The van der Waals surface area contributed by atoms with Gasteiger partial charge in [0.2, 0.25) is 0 Å². The third-order valence-corrected chi connectivity index (χ3v) is 3.07. The van der Waals surface area contributed by atoms with E-state index in [0.717, 1.165) is 23.0 Å². The van der Waals surface area contributed by atoms with Gasteiger partial charge in [-0.2, -0.15) is 0 Å². The van der Waals surface area contributed by atoms with E-state index in [-0.39, 0.29) is 0 Å². The number of aromatic amines is 1. The summed E-state index contributed by atoms with van der Waals surface area (Å²) in [6.07, 6.45) is 9.00. The fourth-order valence-electron chi connectivity index (χ4n) is 2.28. The van der Waals surface area contributed by atoms with Crippen molar-refractivity contribution in [1.29, 1.82) is 0 Å². The number of benzene rings is 1. The second-order valence-electron chi connectivity index (χ2n) is 4.10. The zero-order valence-electron chi connectivity index (χ0n) is 9.23. The smallest absolute Gasteiger partial charge is 0.250 e. The van der Waals surface area contributed by atoms with Crippen LogP contribution >= 0.6 is 0 Å². The monoisotopic (exact) mass is 224 g/mol. The Labute approximate surface area is 98.6 Å². The summed E-state index contributed by atoms with van der Waals surface area (Å²) in [6.45, 7) is 0. The van der Waals surface area contributed by atoms with E-state index in [4.69, 9.17) is 5.73 Å².